The van der Waals surface area contributed by atoms with E-state index in [2.05, 4.69) is 26.1 Å². The lowest BCUT2D eigenvalue weighted by Crippen LogP contribution is -1.77. The van der Waals surface area contributed by atoms with Crippen LogP contribution in [0.2, 0.25) is 0 Å². The van der Waals surface area contributed by atoms with Crippen LogP contribution in [0.15, 0.2) is 22.8 Å². The van der Waals surface area contributed by atoms with Crippen LogP contribution in [0.4, 0.5) is 4.39 Å². The number of rotatable bonds is 0. The maximum absolute atomic E-state index is 12.8. The number of hydrogen-bond donors (Lipinski definition) is 1. The van der Waals surface area contributed by atoms with Gasteiger partial charge in [0, 0.05) is 11.6 Å². The smallest absolute Gasteiger partial charge is 0.139 e. The Labute approximate surface area is 70.5 Å². The predicted octanol–water partition coefficient (Wildman–Crippen LogP) is 2.46. The Morgan fingerprint density at radius 2 is 2.27 bits per heavy atom. The molecule has 4 heteroatoms. The lowest BCUT2D eigenvalue weighted by molar-refractivity contribution is 0.623. The molecule has 0 amide bonds. The van der Waals surface area contributed by atoms with E-state index in [4.69, 9.17) is 0 Å². The van der Waals surface area contributed by atoms with E-state index in [9.17, 15) is 4.39 Å². The van der Waals surface area contributed by atoms with Crippen molar-refractivity contribution in [1.82, 2.24) is 10.2 Å². The van der Waals surface area contributed by atoms with Crippen LogP contribution >= 0.6 is 15.9 Å². The van der Waals surface area contributed by atoms with E-state index in [1.54, 1.807) is 12.3 Å². The number of nitrogens with one attached hydrogen (secondary N) is 1. The van der Waals surface area contributed by atoms with E-state index < -0.39 is 0 Å². The molecule has 0 aliphatic heterocycles. The predicted molar refractivity (Wildman–Crippen MR) is 43.8 cm³/mol. The third-order valence-corrected chi connectivity index (χ3v) is 2.25. The van der Waals surface area contributed by atoms with Crippen molar-refractivity contribution < 1.29 is 4.39 Å². The number of benzene rings is 1. The molecule has 0 saturated heterocycles. The van der Waals surface area contributed by atoms with Gasteiger partial charge in [0.1, 0.15) is 11.3 Å². The fourth-order valence-corrected chi connectivity index (χ4v) is 1.40. The summed E-state index contributed by atoms with van der Waals surface area (Å²) >= 11 is 3.10. The van der Waals surface area contributed by atoms with Gasteiger partial charge in [-0.05, 0) is 28.1 Å². The molecule has 0 fully saturated rings. The van der Waals surface area contributed by atoms with E-state index in [-0.39, 0.29) is 5.82 Å². The SMILES string of the molecule is Fc1ccc2c[nH]nc2c1Br. The van der Waals surface area contributed by atoms with Crippen LogP contribution in [0.1, 0.15) is 0 Å². The third kappa shape index (κ3) is 0.939. The first-order chi connectivity index (χ1) is 5.29. The molecule has 0 bridgehead atoms. The number of aromatic nitrogens is 2. The van der Waals surface area contributed by atoms with Crippen LogP contribution < -0.4 is 0 Å². The highest BCUT2D eigenvalue weighted by atomic mass is 79.9. The van der Waals surface area contributed by atoms with Crippen molar-refractivity contribution in [2.45, 2.75) is 0 Å². The van der Waals surface area contributed by atoms with Crippen molar-refractivity contribution in [2.24, 2.45) is 0 Å². The molecule has 1 N–H and O–H groups in total. The zero-order chi connectivity index (χ0) is 7.84. The minimum absolute atomic E-state index is 0.287. The van der Waals surface area contributed by atoms with E-state index in [1.807, 2.05) is 0 Å². The Morgan fingerprint density at radius 3 is 3.09 bits per heavy atom. The second kappa shape index (κ2) is 2.30. The van der Waals surface area contributed by atoms with Crippen molar-refractivity contribution >= 4 is 26.8 Å². The Hall–Kier alpha value is -0.900. The summed E-state index contributed by atoms with van der Waals surface area (Å²) in [6.07, 6.45) is 1.72. The molecule has 11 heavy (non-hydrogen) atoms. The van der Waals surface area contributed by atoms with Gasteiger partial charge in [0.15, 0.2) is 0 Å². The molecule has 0 spiro atoms. The summed E-state index contributed by atoms with van der Waals surface area (Å²) in [5.41, 5.74) is 0.630. The van der Waals surface area contributed by atoms with Crippen molar-refractivity contribution in [3.8, 4) is 0 Å². The van der Waals surface area contributed by atoms with Crippen LogP contribution in [0, 0.1) is 5.82 Å². The zero-order valence-electron chi connectivity index (χ0n) is 5.44. The number of hydrogen-bond acceptors (Lipinski definition) is 1. The average molecular weight is 215 g/mol. The van der Waals surface area contributed by atoms with Gasteiger partial charge in [-0.1, -0.05) is 0 Å². The lowest BCUT2D eigenvalue weighted by atomic mass is 10.2. The average Bonchev–Trinajstić information content (AvgIpc) is 2.45. The summed E-state index contributed by atoms with van der Waals surface area (Å²) in [6.45, 7) is 0. The van der Waals surface area contributed by atoms with Gasteiger partial charge in [0.05, 0.1) is 4.47 Å². The summed E-state index contributed by atoms with van der Waals surface area (Å²) in [5, 5.41) is 7.43. The summed E-state index contributed by atoms with van der Waals surface area (Å²) in [7, 11) is 0. The topological polar surface area (TPSA) is 28.7 Å². The normalized spacial score (nSPS) is 10.7. The minimum Gasteiger partial charge on any atom is -0.284 e. The van der Waals surface area contributed by atoms with Crippen LogP contribution in [0.5, 0.6) is 0 Å². The third-order valence-electron chi connectivity index (χ3n) is 1.50. The van der Waals surface area contributed by atoms with Gasteiger partial charge in [-0.15, -0.1) is 0 Å². The summed E-state index contributed by atoms with van der Waals surface area (Å²) < 4.78 is 13.2. The standard InChI is InChI=1S/C7H4BrFN2/c8-6-5(9)2-1-4-3-10-11-7(4)6/h1-3H,(H,10,11). The van der Waals surface area contributed by atoms with Gasteiger partial charge in [-0.3, -0.25) is 5.10 Å². The number of aromatic amines is 1. The molecule has 0 radical (unpaired) electrons. The Balaban J connectivity index is 2.93. The number of H-pyrrole nitrogens is 1. The first-order valence-corrected chi connectivity index (χ1v) is 3.86. The van der Waals surface area contributed by atoms with E-state index >= 15 is 0 Å². The largest absolute Gasteiger partial charge is 0.284 e. The highest BCUT2D eigenvalue weighted by Gasteiger charge is 2.05. The molecule has 1 aromatic heterocycles. The summed E-state index contributed by atoms with van der Waals surface area (Å²) in [5.74, 6) is -0.287. The molecule has 0 atom stereocenters. The molecule has 2 nitrogen and oxygen atoms in total. The minimum atomic E-state index is -0.287. The van der Waals surface area contributed by atoms with Crippen LogP contribution in [0.3, 0.4) is 0 Å². The molecule has 56 valence electrons. The highest BCUT2D eigenvalue weighted by molar-refractivity contribution is 9.10. The molecule has 2 rings (SSSR count). The van der Waals surface area contributed by atoms with Gasteiger partial charge in [-0.25, -0.2) is 4.39 Å². The zero-order valence-corrected chi connectivity index (χ0v) is 7.02. The van der Waals surface area contributed by atoms with Crippen molar-refractivity contribution in [3.63, 3.8) is 0 Å². The van der Waals surface area contributed by atoms with Gasteiger partial charge in [0.25, 0.3) is 0 Å². The summed E-state index contributed by atoms with van der Waals surface area (Å²) in [6, 6.07) is 3.08. The van der Waals surface area contributed by atoms with Crippen molar-refractivity contribution in [3.05, 3.63) is 28.6 Å². The first kappa shape index (κ1) is 6.79. The molecule has 0 aliphatic rings. The second-order valence-electron chi connectivity index (χ2n) is 2.18. The maximum atomic E-state index is 12.8. The van der Waals surface area contributed by atoms with Gasteiger partial charge < -0.3 is 0 Å². The number of fused-ring (bicyclic) bond motifs is 1. The number of halogens is 2. The monoisotopic (exact) mass is 214 g/mol. The van der Waals surface area contributed by atoms with Crippen molar-refractivity contribution in [2.75, 3.05) is 0 Å². The van der Waals surface area contributed by atoms with E-state index in [0.717, 1.165) is 5.39 Å². The Kier molecular flexibility index (Phi) is 1.42. The fourth-order valence-electron chi connectivity index (χ4n) is 0.951. The lowest BCUT2D eigenvalue weighted by Gasteiger charge is -1.92. The van der Waals surface area contributed by atoms with Crippen LogP contribution in [-0.2, 0) is 0 Å². The molecular weight excluding hydrogens is 211 g/mol. The number of nitrogens with zero attached hydrogens (tertiary/aromatic N) is 1. The second-order valence-corrected chi connectivity index (χ2v) is 2.98. The molecule has 1 aromatic carbocycles. The van der Waals surface area contributed by atoms with E-state index in [1.165, 1.54) is 6.07 Å². The van der Waals surface area contributed by atoms with Gasteiger partial charge in [0.2, 0.25) is 0 Å². The van der Waals surface area contributed by atoms with Gasteiger partial charge >= 0.3 is 0 Å². The molecule has 0 aliphatic carbocycles. The Morgan fingerprint density at radius 1 is 1.45 bits per heavy atom. The Bertz CT molecular complexity index is 396. The molecular formula is C7H4BrFN2. The van der Waals surface area contributed by atoms with Crippen molar-refractivity contribution in [1.29, 1.82) is 0 Å². The molecule has 2 aromatic rings. The first-order valence-electron chi connectivity index (χ1n) is 3.06. The molecule has 0 saturated carbocycles. The van der Waals surface area contributed by atoms with E-state index in [0.29, 0.717) is 9.99 Å². The summed E-state index contributed by atoms with van der Waals surface area (Å²) in [4.78, 5) is 0. The molecule has 0 unspecified atom stereocenters. The van der Waals surface area contributed by atoms with Crippen LogP contribution in [0.25, 0.3) is 10.9 Å². The fraction of sp³-hybridized carbons (Fsp3) is 0. The molecule has 1 heterocycles. The maximum Gasteiger partial charge on any atom is 0.139 e. The quantitative estimate of drug-likeness (QED) is 0.718. The van der Waals surface area contributed by atoms with Gasteiger partial charge in [-0.2, -0.15) is 5.10 Å². The van der Waals surface area contributed by atoms with Crippen LogP contribution in [-0.4, -0.2) is 10.2 Å². The highest BCUT2D eigenvalue weighted by Crippen LogP contribution is 2.24.